The van der Waals surface area contributed by atoms with Crippen LogP contribution < -0.4 is 5.73 Å². The van der Waals surface area contributed by atoms with Gasteiger partial charge in [-0.2, -0.15) is 0 Å². The predicted molar refractivity (Wildman–Crippen MR) is 135 cm³/mol. The molecule has 4 heterocycles. The van der Waals surface area contributed by atoms with Gasteiger partial charge in [-0.1, -0.05) is 24.3 Å². The van der Waals surface area contributed by atoms with Crippen LogP contribution in [0.2, 0.25) is 0 Å². The summed E-state index contributed by atoms with van der Waals surface area (Å²) in [7, 11) is 0. The van der Waals surface area contributed by atoms with Crippen LogP contribution in [-0.4, -0.2) is 67.7 Å². The summed E-state index contributed by atoms with van der Waals surface area (Å²) in [5, 5.41) is 0. The molecule has 6 heteroatoms. The number of nitrogens with zero attached hydrogens (tertiary/aromatic N) is 2. The molecule has 3 aliphatic rings. The summed E-state index contributed by atoms with van der Waals surface area (Å²) >= 11 is 1.62. The number of ether oxygens (including phenoxy) is 1. The van der Waals surface area contributed by atoms with E-state index < -0.39 is 0 Å². The molecule has 0 spiro atoms. The smallest absolute Gasteiger partial charge is 0.264 e. The molecule has 1 amide bonds. The molecule has 1 aromatic heterocycles. The molecule has 0 saturated carbocycles. The Morgan fingerprint density at radius 2 is 1.79 bits per heavy atom. The second kappa shape index (κ2) is 10.3. The molecule has 1 aromatic carbocycles. The highest BCUT2D eigenvalue weighted by Gasteiger charge is 2.27. The van der Waals surface area contributed by atoms with Gasteiger partial charge in [0.15, 0.2) is 0 Å². The molecule has 5 nitrogen and oxygen atoms in total. The Morgan fingerprint density at radius 1 is 1.06 bits per heavy atom. The maximum absolute atomic E-state index is 12.9. The van der Waals surface area contributed by atoms with Crippen molar-refractivity contribution in [2.24, 2.45) is 11.7 Å². The first-order chi connectivity index (χ1) is 16.1. The van der Waals surface area contributed by atoms with Crippen LogP contribution in [0, 0.1) is 12.8 Å². The van der Waals surface area contributed by atoms with Crippen LogP contribution in [-0.2, 0) is 4.74 Å². The molecular formula is C27H37N3O2S. The molecule has 33 heavy (non-hydrogen) atoms. The number of likely N-dealkylation sites (tertiary alicyclic amines) is 2. The highest BCUT2D eigenvalue weighted by atomic mass is 32.1. The third-order valence-corrected chi connectivity index (χ3v) is 9.01. The number of hydrogen-bond acceptors (Lipinski definition) is 5. The van der Waals surface area contributed by atoms with Gasteiger partial charge < -0.3 is 20.3 Å². The highest BCUT2D eigenvalue weighted by Crippen LogP contribution is 2.35. The van der Waals surface area contributed by atoms with E-state index in [4.69, 9.17) is 10.5 Å². The van der Waals surface area contributed by atoms with Gasteiger partial charge in [-0.05, 0) is 86.7 Å². The molecule has 0 radical (unpaired) electrons. The molecule has 2 aromatic rings. The van der Waals surface area contributed by atoms with Gasteiger partial charge in [0.05, 0.1) is 4.88 Å². The molecular weight excluding hydrogens is 430 g/mol. The number of rotatable bonds is 5. The van der Waals surface area contributed by atoms with Crippen LogP contribution >= 0.6 is 11.3 Å². The summed E-state index contributed by atoms with van der Waals surface area (Å²) in [5.41, 5.74) is 9.74. The Bertz CT molecular complexity index is 943. The van der Waals surface area contributed by atoms with Crippen molar-refractivity contribution < 1.29 is 9.53 Å². The number of carbonyl (C=O) groups is 1. The Morgan fingerprint density at radius 3 is 2.45 bits per heavy atom. The lowest BCUT2D eigenvalue weighted by Gasteiger charge is -2.35. The molecule has 3 aliphatic heterocycles. The second-order valence-corrected chi connectivity index (χ2v) is 11.2. The van der Waals surface area contributed by atoms with Crippen LogP contribution in [0.5, 0.6) is 0 Å². The summed E-state index contributed by atoms with van der Waals surface area (Å²) in [6.45, 7) is 9.05. The molecule has 0 aliphatic carbocycles. The quantitative estimate of drug-likeness (QED) is 0.703. The fraction of sp³-hybridized carbons (Fsp3) is 0.593. The van der Waals surface area contributed by atoms with E-state index in [9.17, 15) is 4.79 Å². The van der Waals surface area contributed by atoms with Crippen LogP contribution in [0.3, 0.4) is 0 Å². The average molecular weight is 468 g/mol. The van der Waals surface area contributed by atoms with Crippen molar-refractivity contribution in [2.75, 3.05) is 45.9 Å². The lowest BCUT2D eigenvalue weighted by atomic mass is 9.88. The largest absolute Gasteiger partial charge is 0.381 e. The Balaban J connectivity index is 1.18. The fourth-order valence-corrected chi connectivity index (χ4v) is 6.76. The topological polar surface area (TPSA) is 58.8 Å². The van der Waals surface area contributed by atoms with Crippen LogP contribution in [0.1, 0.15) is 58.8 Å². The minimum Gasteiger partial charge on any atom is -0.381 e. The van der Waals surface area contributed by atoms with E-state index >= 15 is 0 Å². The predicted octanol–water partition coefficient (Wildman–Crippen LogP) is 4.50. The number of piperidine rings is 1. The van der Waals surface area contributed by atoms with Gasteiger partial charge >= 0.3 is 0 Å². The summed E-state index contributed by atoms with van der Waals surface area (Å²) in [6.07, 6.45) is 5.85. The maximum Gasteiger partial charge on any atom is 0.264 e. The molecule has 3 fully saturated rings. The Kier molecular flexibility index (Phi) is 7.16. The molecule has 5 rings (SSSR count). The minimum atomic E-state index is 0.120. The average Bonchev–Trinajstić information content (AvgIpc) is 3.46. The first-order valence-corrected chi connectivity index (χ1v) is 13.4. The van der Waals surface area contributed by atoms with E-state index in [1.54, 1.807) is 11.3 Å². The standard InChI is InChI=1S/C27H37N3O2S/c1-19-16-25(33-26(19)27(31)30-13-8-24(28)18-30)23-4-2-21(3-5-23)22-6-11-29(12-7-22)17-20-9-14-32-15-10-20/h2-5,16,20,22,24H,6-15,17-18,28H2,1H3/t24-/m0/s1. The van der Waals surface area contributed by atoms with Gasteiger partial charge in [0.25, 0.3) is 5.91 Å². The van der Waals surface area contributed by atoms with Gasteiger partial charge in [-0.25, -0.2) is 0 Å². The number of benzene rings is 1. The lowest BCUT2D eigenvalue weighted by Crippen LogP contribution is -2.38. The number of aryl methyl sites for hydroxylation is 1. The third-order valence-electron chi connectivity index (χ3n) is 7.74. The van der Waals surface area contributed by atoms with Gasteiger partial charge in [0, 0.05) is 43.8 Å². The molecule has 178 valence electrons. The van der Waals surface area contributed by atoms with E-state index in [1.165, 1.54) is 61.3 Å². The normalized spacial score (nSPS) is 23.3. The summed E-state index contributed by atoms with van der Waals surface area (Å²) in [5.74, 6) is 1.62. The lowest BCUT2D eigenvalue weighted by molar-refractivity contribution is 0.0488. The number of amides is 1. The van der Waals surface area contributed by atoms with Gasteiger partial charge in [-0.15, -0.1) is 11.3 Å². The monoisotopic (exact) mass is 467 g/mol. The fourth-order valence-electron chi connectivity index (χ4n) is 5.61. The summed E-state index contributed by atoms with van der Waals surface area (Å²) < 4.78 is 5.51. The van der Waals surface area contributed by atoms with Crippen molar-refractivity contribution >= 4 is 17.2 Å². The van der Waals surface area contributed by atoms with E-state index in [-0.39, 0.29) is 11.9 Å². The maximum atomic E-state index is 12.9. The first kappa shape index (κ1) is 23.0. The van der Waals surface area contributed by atoms with Gasteiger partial charge in [0.1, 0.15) is 0 Å². The van der Waals surface area contributed by atoms with Gasteiger partial charge in [0.2, 0.25) is 0 Å². The number of hydrogen-bond donors (Lipinski definition) is 1. The van der Waals surface area contributed by atoms with E-state index in [1.807, 2.05) is 11.8 Å². The van der Waals surface area contributed by atoms with Crippen molar-refractivity contribution in [2.45, 2.75) is 51.0 Å². The van der Waals surface area contributed by atoms with Crippen molar-refractivity contribution in [1.29, 1.82) is 0 Å². The summed E-state index contributed by atoms with van der Waals surface area (Å²) in [4.78, 5) is 19.6. The minimum absolute atomic E-state index is 0.120. The summed E-state index contributed by atoms with van der Waals surface area (Å²) in [6, 6.07) is 11.4. The van der Waals surface area contributed by atoms with Gasteiger partial charge in [-0.3, -0.25) is 4.79 Å². The SMILES string of the molecule is Cc1cc(-c2ccc(C3CCN(CC4CCOCC4)CC3)cc2)sc1C(=O)N1CC[C@H](N)C1. The van der Waals surface area contributed by atoms with E-state index in [0.29, 0.717) is 12.5 Å². The Hall–Kier alpha value is -1.73. The zero-order valence-electron chi connectivity index (χ0n) is 19.8. The van der Waals surface area contributed by atoms with Crippen LogP contribution in [0.15, 0.2) is 30.3 Å². The zero-order valence-corrected chi connectivity index (χ0v) is 20.6. The highest BCUT2D eigenvalue weighted by molar-refractivity contribution is 7.17. The van der Waals surface area contributed by atoms with Crippen LogP contribution in [0.4, 0.5) is 0 Å². The molecule has 0 bridgehead atoms. The third kappa shape index (κ3) is 5.35. The molecule has 3 saturated heterocycles. The molecule has 1 atom stereocenters. The molecule has 2 N–H and O–H groups in total. The number of thiophene rings is 1. The van der Waals surface area contributed by atoms with Crippen molar-refractivity contribution in [3.63, 3.8) is 0 Å². The van der Waals surface area contributed by atoms with Crippen molar-refractivity contribution in [3.05, 3.63) is 46.3 Å². The van der Waals surface area contributed by atoms with E-state index in [2.05, 4.69) is 35.2 Å². The van der Waals surface area contributed by atoms with Crippen molar-refractivity contribution in [1.82, 2.24) is 9.80 Å². The zero-order chi connectivity index (χ0) is 22.8. The van der Waals surface area contributed by atoms with E-state index in [0.717, 1.165) is 42.5 Å². The number of carbonyl (C=O) groups excluding carboxylic acids is 1. The first-order valence-electron chi connectivity index (χ1n) is 12.6. The number of nitrogens with two attached hydrogens (primary N) is 1. The Labute approximate surface area is 201 Å². The van der Waals surface area contributed by atoms with Crippen LogP contribution in [0.25, 0.3) is 10.4 Å². The molecule has 0 unspecified atom stereocenters. The second-order valence-electron chi connectivity index (χ2n) is 10.2. The van der Waals surface area contributed by atoms with Crippen molar-refractivity contribution in [3.8, 4) is 10.4 Å².